The van der Waals surface area contributed by atoms with E-state index in [-0.39, 0.29) is 10.8 Å². The Labute approximate surface area is 210 Å². The molecule has 1 aromatic carbocycles. The molecule has 0 spiro atoms. The zero-order valence-corrected chi connectivity index (χ0v) is 20.7. The van der Waals surface area contributed by atoms with Crippen molar-refractivity contribution in [1.29, 1.82) is 0 Å². The van der Waals surface area contributed by atoms with Gasteiger partial charge in [0.05, 0.1) is 27.4 Å². The van der Waals surface area contributed by atoms with Gasteiger partial charge >= 0.3 is 0 Å². The van der Waals surface area contributed by atoms with E-state index in [1.807, 2.05) is 36.4 Å². The number of pyridine rings is 3. The maximum atomic E-state index is 12.1. The van der Waals surface area contributed by atoms with Crippen LogP contribution < -0.4 is 4.74 Å². The first kappa shape index (κ1) is 23.3. The van der Waals surface area contributed by atoms with Crippen LogP contribution in [0.4, 0.5) is 0 Å². The average Bonchev–Trinajstić information content (AvgIpc) is 3.32. The molecule has 0 aliphatic carbocycles. The maximum absolute atomic E-state index is 12.1. The predicted octanol–water partition coefficient (Wildman–Crippen LogP) is 5.81. The third-order valence-electron chi connectivity index (χ3n) is 5.03. The SMILES string of the molecule is CCS(=O)(=O)c1ccc(Oc2cc3[nH]c(-c4ccccn4)nc3c(Sc3ccccn3)c2Cl)cn1. The number of sulfone groups is 1. The van der Waals surface area contributed by atoms with Gasteiger partial charge in [-0.1, -0.05) is 42.4 Å². The first-order valence-corrected chi connectivity index (χ1v) is 13.4. The number of halogens is 1. The van der Waals surface area contributed by atoms with Crippen LogP contribution in [0.1, 0.15) is 6.92 Å². The van der Waals surface area contributed by atoms with E-state index in [0.29, 0.717) is 44.0 Å². The predicted molar refractivity (Wildman–Crippen MR) is 135 cm³/mol. The van der Waals surface area contributed by atoms with Crippen LogP contribution in [0.3, 0.4) is 0 Å². The molecule has 0 fully saturated rings. The molecule has 0 unspecified atom stereocenters. The average molecular weight is 524 g/mol. The molecule has 0 aliphatic rings. The van der Waals surface area contributed by atoms with Gasteiger partial charge in [-0.25, -0.2) is 23.4 Å². The standard InChI is InChI=1S/C24H18ClN5O3S2/c1-2-35(31,32)20-10-9-15(14-28-20)33-18-13-17-22(30-24(29-17)16-7-3-5-11-26-16)23(21(18)25)34-19-8-4-6-12-27-19/h3-14H,2H2,1H3,(H,29,30). The molecule has 4 heterocycles. The maximum Gasteiger partial charge on any atom is 0.195 e. The number of imidazole rings is 1. The van der Waals surface area contributed by atoms with Crippen LogP contribution in [0.2, 0.25) is 5.02 Å². The van der Waals surface area contributed by atoms with E-state index in [0.717, 1.165) is 5.03 Å². The normalized spacial score (nSPS) is 11.6. The van der Waals surface area contributed by atoms with Gasteiger partial charge in [0.2, 0.25) is 0 Å². The summed E-state index contributed by atoms with van der Waals surface area (Å²) in [6, 6.07) is 15.9. The Morgan fingerprint density at radius 1 is 1.03 bits per heavy atom. The van der Waals surface area contributed by atoms with Gasteiger partial charge in [0.25, 0.3) is 0 Å². The van der Waals surface area contributed by atoms with Crippen LogP contribution in [-0.4, -0.2) is 39.1 Å². The number of nitrogens with one attached hydrogen (secondary N) is 1. The number of fused-ring (bicyclic) bond motifs is 1. The Balaban J connectivity index is 1.59. The summed E-state index contributed by atoms with van der Waals surface area (Å²) >= 11 is 8.17. The van der Waals surface area contributed by atoms with E-state index in [4.69, 9.17) is 21.3 Å². The zero-order chi connectivity index (χ0) is 24.4. The summed E-state index contributed by atoms with van der Waals surface area (Å²) in [6.07, 6.45) is 4.76. The summed E-state index contributed by atoms with van der Waals surface area (Å²) < 4.78 is 30.1. The van der Waals surface area contributed by atoms with E-state index < -0.39 is 9.84 Å². The number of H-pyrrole nitrogens is 1. The van der Waals surface area contributed by atoms with Gasteiger partial charge in [0.1, 0.15) is 27.7 Å². The number of benzene rings is 1. The first-order valence-electron chi connectivity index (χ1n) is 10.5. The quantitative estimate of drug-likeness (QED) is 0.284. The van der Waals surface area contributed by atoms with Crippen molar-refractivity contribution in [2.75, 3.05) is 5.75 Å². The van der Waals surface area contributed by atoms with Crippen molar-refractivity contribution >= 4 is 44.2 Å². The Morgan fingerprint density at radius 3 is 2.49 bits per heavy atom. The van der Waals surface area contributed by atoms with Crippen LogP contribution in [0.15, 0.2) is 88.1 Å². The molecule has 0 saturated carbocycles. The third kappa shape index (κ3) is 4.86. The molecule has 35 heavy (non-hydrogen) atoms. The molecule has 11 heteroatoms. The van der Waals surface area contributed by atoms with E-state index in [9.17, 15) is 8.42 Å². The van der Waals surface area contributed by atoms with Crippen LogP contribution in [0, 0.1) is 0 Å². The molecule has 5 aromatic rings. The first-order chi connectivity index (χ1) is 16.9. The van der Waals surface area contributed by atoms with Crippen molar-refractivity contribution in [3.05, 3.63) is 78.2 Å². The molecule has 0 bridgehead atoms. The second kappa shape index (κ2) is 9.65. The minimum absolute atomic E-state index is 0.00568. The lowest BCUT2D eigenvalue weighted by Gasteiger charge is -2.12. The van der Waals surface area contributed by atoms with E-state index in [2.05, 4.69) is 19.9 Å². The highest BCUT2D eigenvalue weighted by Crippen LogP contribution is 2.44. The summed E-state index contributed by atoms with van der Waals surface area (Å²) in [5, 5.41) is 1.08. The summed E-state index contributed by atoms with van der Waals surface area (Å²) in [5.74, 6) is 1.27. The van der Waals surface area contributed by atoms with Gasteiger partial charge < -0.3 is 9.72 Å². The largest absolute Gasteiger partial charge is 0.454 e. The monoisotopic (exact) mass is 523 g/mol. The highest BCUT2D eigenvalue weighted by Gasteiger charge is 2.20. The molecule has 0 aliphatic heterocycles. The molecule has 8 nitrogen and oxygen atoms in total. The van der Waals surface area contributed by atoms with Gasteiger partial charge in [-0.3, -0.25) is 4.98 Å². The van der Waals surface area contributed by atoms with Gasteiger partial charge in [-0.05, 0) is 36.4 Å². The smallest absolute Gasteiger partial charge is 0.195 e. The Hall–Kier alpha value is -3.47. The topological polar surface area (TPSA) is 111 Å². The molecule has 0 atom stereocenters. The van der Waals surface area contributed by atoms with E-state index >= 15 is 0 Å². The van der Waals surface area contributed by atoms with Crippen molar-refractivity contribution in [2.24, 2.45) is 0 Å². The fourth-order valence-corrected chi connectivity index (χ4v) is 5.26. The number of hydrogen-bond donors (Lipinski definition) is 1. The van der Waals surface area contributed by atoms with E-state index in [1.165, 1.54) is 24.0 Å². The molecule has 5 rings (SSSR count). The summed E-state index contributed by atoms with van der Waals surface area (Å²) in [7, 11) is -3.41. The van der Waals surface area contributed by atoms with Crippen molar-refractivity contribution in [3.63, 3.8) is 0 Å². The Kier molecular flexibility index (Phi) is 6.42. The number of hydrogen-bond acceptors (Lipinski definition) is 8. The van der Waals surface area contributed by atoms with Gasteiger partial charge in [0.15, 0.2) is 20.7 Å². The van der Waals surface area contributed by atoms with Gasteiger partial charge in [0, 0.05) is 18.5 Å². The molecular formula is C24H18ClN5O3S2. The van der Waals surface area contributed by atoms with Crippen molar-refractivity contribution in [2.45, 2.75) is 21.9 Å². The lowest BCUT2D eigenvalue weighted by Crippen LogP contribution is -2.05. The molecule has 0 amide bonds. The molecule has 0 saturated heterocycles. The van der Waals surface area contributed by atoms with Crippen molar-refractivity contribution < 1.29 is 13.2 Å². The third-order valence-corrected chi connectivity index (χ3v) is 8.20. The number of aromatic amines is 1. The highest BCUT2D eigenvalue weighted by molar-refractivity contribution is 7.99. The second-order valence-electron chi connectivity index (χ2n) is 7.32. The summed E-state index contributed by atoms with van der Waals surface area (Å²) in [6.45, 7) is 1.57. The molecule has 176 valence electrons. The Bertz CT molecular complexity index is 1590. The highest BCUT2D eigenvalue weighted by atomic mass is 35.5. The zero-order valence-electron chi connectivity index (χ0n) is 18.3. The number of aromatic nitrogens is 5. The Morgan fingerprint density at radius 2 is 1.83 bits per heavy atom. The molecule has 4 aromatic heterocycles. The molecular weight excluding hydrogens is 506 g/mol. The van der Waals surface area contributed by atoms with Gasteiger partial charge in [-0.2, -0.15) is 0 Å². The van der Waals surface area contributed by atoms with Crippen molar-refractivity contribution in [3.8, 4) is 23.0 Å². The number of rotatable bonds is 7. The van der Waals surface area contributed by atoms with Crippen LogP contribution >= 0.6 is 23.4 Å². The van der Waals surface area contributed by atoms with Crippen molar-refractivity contribution in [1.82, 2.24) is 24.9 Å². The number of nitrogens with zero attached hydrogens (tertiary/aromatic N) is 4. The fourth-order valence-electron chi connectivity index (χ4n) is 3.26. The van der Waals surface area contributed by atoms with Crippen LogP contribution in [-0.2, 0) is 9.84 Å². The lowest BCUT2D eigenvalue weighted by molar-refractivity contribution is 0.478. The fraction of sp³-hybridized carbons (Fsp3) is 0.0833. The summed E-state index contributed by atoms with van der Waals surface area (Å²) in [4.78, 5) is 21.5. The second-order valence-corrected chi connectivity index (χ2v) is 11.0. The van der Waals surface area contributed by atoms with E-state index in [1.54, 1.807) is 31.5 Å². The minimum Gasteiger partial charge on any atom is -0.454 e. The lowest BCUT2D eigenvalue weighted by atomic mass is 10.3. The summed E-state index contributed by atoms with van der Waals surface area (Å²) in [5.41, 5.74) is 2.04. The molecule has 0 radical (unpaired) electrons. The van der Waals surface area contributed by atoms with Gasteiger partial charge in [-0.15, -0.1) is 0 Å². The molecule has 1 N–H and O–H groups in total. The van der Waals surface area contributed by atoms with Crippen LogP contribution in [0.25, 0.3) is 22.6 Å². The van der Waals surface area contributed by atoms with Crippen LogP contribution in [0.5, 0.6) is 11.5 Å². The minimum atomic E-state index is -3.41. The number of ether oxygens (including phenoxy) is 1.